The molecule has 0 saturated carbocycles. The number of anilines is 1. The maximum absolute atomic E-state index is 12.9. The van der Waals surface area contributed by atoms with Crippen LogP contribution in [0.15, 0.2) is 18.2 Å². The molecular weight excluding hydrogens is 238 g/mol. The molecule has 0 unspecified atom stereocenters. The lowest BCUT2D eigenvalue weighted by Gasteiger charge is -2.08. The van der Waals surface area contributed by atoms with Gasteiger partial charge < -0.3 is 5.32 Å². The zero-order chi connectivity index (χ0) is 11.6. The molecule has 0 aliphatic carbocycles. The number of alkyl halides is 3. The Morgan fingerprint density at radius 1 is 1.33 bits per heavy atom. The van der Waals surface area contributed by atoms with E-state index in [2.05, 4.69) is 0 Å². The lowest BCUT2D eigenvalue weighted by atomic mass is 10.2. The van der Waals surface area contributed by atoms with Crippen LogP contribution in [0.4, 0.5) is 28.0 Å². The number of hydrogen-bond donors (Lipinski definition) is 1. The first-order valence-corrected chi connectivity index (χ1v) is 4.02. The van der Waals surface area contributed by atoms with E-state index < -0.39 is 22.9 Å². The van der Waals surface area contributed by atoms with Crippen LogP contribution in [-0.2, 0) is 6.18 Å². The minimum Gasteiger partial charge on any atom is -0.312 e. The summed E-state index contributed by atoms with van der Waals surface area (Å²) in [5.74, 6) is -1.47. The van der Waals surface area contributed by atoms with Gasteiger partial charge >= 0.3 is 11.5 Å². The van der Waals surface area contributed by atoms with E-state index in [4.69, 9.17) is 11.6 Å². The second kappa shape index (κ2) is 4.06. The fraction of sp³-hybridized carbons (Fsp3) is 0.125. The third kappa shape index (κ3) is 3.09. The van der Waals surface area contributed by atoms with E-state index in [0.29, 0.717) is 12.1 Å². The van der Waals surface area contributed by atoms with Crippen molar-refractivity contribution < 1.29 is 22.4 Å². The summed E-state index contributed by atoms with van der Waals surface area (Å²) in [6.07, 6.45) is -4.76. The molecule has 0 bridgehead atoms. The number of carbonyl (C=O) groups excluding carboxylic acids is 1. The molecule has 0 heterocycles. The minimum absolute atomic E-state index is 0.138. The highest BCUT2D eigenvalue weighted by Gasteiger charge is 2.33. The molecule has 0 aliphatic rings. The van der Waals surface area contributed by atoms with Gasteiger partial charge in [-0.25, -0.2) is 4.39 Å². The summed E-state index contributed by atoms with van der Waals surface area (Å²) in [5.41, 5.74) is -1.53. The predicted octanol–water partition coefficient (Wildman–Crippen LogP) is 3.62. The van der Waals surface area contributed by atoms with Crippen molar-refractivity contribution in [1.82, 2.24) is 0 Å². The van der Waals surface area contributed by atoms with Crippen LogP contribution in [-0.4, -0.2) is 5.37 Å². The average molecular weight is 242 g/mol. The summed E-state index contributed by atoms with van der Waals surface area (Å²) < 4.78 is 49.2. The number of carbonyl (C=O) groups is 1. The zero-order valence-corrected chi connectivity index (χ0v) is 7.79. The number of hydrogen-bond acceptors (Lipinski definition) is 1. The zero-order valence-electron chi connectivity index (χ0n) is 7.03. The van der Waals surface area contributed by atoms with E-state index in [-0.39, 0.29) is 5.69 Å². The summed E-state index contributed by atoms with van der Waals surface area (Å²) in [5, 5.41) is 0.938. The van der Waals surface area contributed by atoms with Gasteiger partial charge in [0.05, 0.1) is 5.56 Å². The van der Waals surface area contributed by atoms with Crippen LogP contribution in [0.2, 0.25) is 0 Å². The molecule has 0 atom stereocenters. The molecule has 2 nitrogen and oxygen atoms in total. The highest BCUT2D eigenvalue weighted by molar-refractivity contribution is 6.65. The second-order valence-electron chi connectivity index (χ2n) is 2.59. The summed E-state index contributed by atoms with van der Waals surface area (Å²) >= 11 is 4.90. The van der Waals surface area contributed by atoms with E-state index in [1.807, 2.05) is 5.32 Å². The Morgan fingerprint density at radius 2 is 1.93 bits per heavy atom. The van der Waals surface area contributed by atoms with Gasteiger partial charge in [0.25, 0.3) is 0 Å². The molecule has 0 aliphatic heterocycles. The standard InChI is InChI=1S/C8H4ClF4NO/c9-7(15)14-4-1-2-5(6(10)3-4)8(11,12)13/h1-3H,(H,14,15). The van der Waals surface area contributed by atoms with Crippen LogP contribution in [0.25, 0.3) is 0 Å². The first-order valence-electron chi connectivity index (χ1n) is 3.64. The molecule has 82 valence electrons. The van der Waals surface area contributed by atoms with Crippen LogP contribution in [0, 0.1) is 5.82 Å². The first kappa shape index (κ1) is 11.8. The molecule has 1 amide bonds. The highest BCUT2D eigenvalue weighted by atomic mass is 35.5. The molecule has 1 rings (SSSR count). The Morgan fingerprint density at radius 3 is 2.33 bits per heavy atom. The van der Waals surface area contributed by atoms with Gasteiger partial charge in [0, 0.05) is 5.69 Å². The van der Waals surface area contributed by atoms with E-state index in [9.17, 15) is 22.4 Å². The maximum Gasteiger partial charge on any atom is 0.419 e. The number of amides is 1. The van der Waals surface area contributed by atoms with Gasteiger partial charge in [-0.05, 0) is 29.8 Å². The molecule has 1 aromatic carbocycles. The minimum atomic E-state index is -4.76. The molecule has 0 radical (unpaired) electrons. The van der Waals surface area contributed by atoms with Crippen LogP contribution < -0.4 is 5.32 Å². The van der Waals surface area contributed by atoms with Crippen molar-refractivity contribution in [2.45, 2.75) is 6.18 Å². The first-order chi connectivity index (χ1) is 6.80. The molecule has 15 heavy (non-hydrogen) atoms. The molecule has 0 spiro atoms. The third-order valence-electron chi connectivity index (χ3n) is 1.52. The smallest absolute Gasteiger partial charge is 0.312 e. The number of halogens is 5. The van der Waals surface area contributed by atoms with Gasteiger partial charge in [0.1, 0.15) is 5.82 Å². The summed E-state index contributed by atoms with van der Waals surface area (Å²) in [6.45, 7) is 0. The predicted molar refractivity (Wildman–Crippen MR) is 46.3 cm³/mol. The lowest BCUT2D eigenvalue weighted by Crippen LogP contribution is -2.09. The van der Waals surface area contributed by atoms with E-state index >= 15 is 0 Å². The van der Waals surface area contributed by atoms with Crippen molar-refractivity contribution in [2.75, 3.05) is 5.32 Å². The number of nitrogens with one attached hydrogen (secondary N) is 1. The average Bonchev–Trinajstić information content (AvgIpc) is 1.99. The second-order valence-corrected chi connectivity index (χ2v) is 2.93. The van der Waals surface area contributed by atoms with Crippen molar-refractivity contribution in [2.24, 2.45) is 0 Å². The van der Waals surface area contributed by atoms with Gasteiger partial charge in [0.2, 0.25) is 0 Å². The summed E-state index contributed by atoms with van der Waals surface area (Å²) in [7, 11) is 0. The van der Waals surface area contributed by atoms with Crippen molar-refractivity contribution >= 4 is 22.7 Å². The largest absolute Gasteiger partial charge is 0.419 e. The Labute approximate surface area is 86.8 Å². The van der Waals surface area contributed by atoms with Crippen LogP contribution in [0.3, 0.4) is 0 Å². The lowest BCUT2D eigenvalue weighted by molar-refractivity contribution is -0.139. The van der Waals surface area contributed by atoms with Gasteiger partial charge in [0.15, 0.2) is 0 Å². The van der Waals surface area contributed by atoms with E-state index in [1.54, 1.807) is 0 Å². The SMILES string of the molecule is O=C(Cl)Nc1ccc(C(F)(F)F)c(F)c1. The van der Waals surface area contributed by atoms with Gasteiger partial charge in [-0.15, -0.1) is 0 Å². The van der Waals surface area contributed by atoms with Crippen LogP contribution >= 0.6 is 11.6 Å². The summed E-state index contributed by atoms with van der Waals surface area (Å²) in [4.78, 5) is 10.3. The molecular formula is C8H4ClF4NO. The molecule has 0 fully saturated rings. The topological polar surface area (TPSA) is 29.1 Å². The molecule has 1 N–H and O–H groups in total. The molecule has 0 saturated heterocycles. The van der Waals surface area contributed by atoms with Crippen molar-refractivity contribution in [1.29, 1.82) is 0 Å². The van der Waals surface area contributed by atoms with Gasteiger partial charge in [-0.3, -0.25) is 4.79 Å². The third-order valence-corrected chi connectivity index (χ3v) is 1.61. The fourth-order valence-electron chi connectivity index (χ4n) is 0.936. The Hall–Kier alpha value is -1.30. The van der Waals surface area contributed by atoms with Crippen molar-refractivity contribution in [3.05, 3.63) is 29.6 Å². The molecule has 7 heteroatoms. The number of benzene rings is 1. The Balaban J connectivity index is 3.04. The Kier molecular flexibility index (Phi) is 3.18. The quantitative estimate of drug-likeness (QED) is 0.454. The van der Waals surface area contributed by atoms with Crippen molar-refractivity contribution in [3.63, 3.8) is 0 Å². The highest BCUT2D eigenvalue weighted by Crippen LogP contribution is 2.32. The Bertz CT molecular complexity index is 391. The van der Waals surface area contributed by atoms with Gasteiger partial charge in [-0.1, -0.05) is 0 Å². The van der Waals surface area contributed by atoms with E-state index in [0.717, 1.165) is 6.07 Å². The van der Waals surface area contributed by atoms with Crippen LogP contribution in [0.1, 0.15) is 5.56 Å². The van der Waals surface area contributed by atoms with Crippen molar-refractivity contribution in [3.8, 4) is 0 Å². The fourth-order valence-corrected chi connectivity index (χ4v) is 1.05. The molecule has 0 aromatic heterocycles. The maximum atomic E-state index is 12.9. The number of rotatable bonds is 1. The molecule has 1 aromatic rings. The van der Waals surface area contributed by atoms with Gasteiger partial charge in [-0.2, -0.15) is 13.2 Å². The normalized spacial score (nSPS) is 11.3. The van der Waals surface area contributed by atoms with Crippen LogP contribution in [0.5, 0.6) is 0 Å². The van der Waals surface area contributed by atoms with E-state index in [1.165, 1.54) is 0 Å². The summed E-state index contributed by atoms with van der Waals surface area (Å²) in [6, 6.07) is 1.98. The monoisotopic (exact) mass is 241 g/mol.